The number of amides is 1. The van der Waals surface area contributed by atoms with E-state index < -0.39 is 15.1 Å². The van der Waals surface area contributed by atoms with E-state index in [4.69, 9.17) is 11.6 Å². The van der Waals surface area contributed by atoms with E-state index in [0.717, 1.165) is 0 Å². The zero-order valence-corrected chi connectivity index (χ0v) is 14.7. The van der Waals surface area contributed by atoms with Crippen LogP contribution in [0, 0.1) is 0 Å². The molecule has 0 N–H and O–H groups in total. The molecule has 0 aliphatic carbocycles. The van der Waals surface area contributed by atoms with Crippen LogP contribution in [0.2, 0.25) is 5.02 Å². The maximum Gasteiger partial charge on any atom is 0.253 e. The van der Waals surface area contributed by atoms with Gasteiger partial charge in [-0.2, -0.15) is 0 Å². The van der Waals surface area contributed by atoms with Gasteiger partial charge in [0.2, 0.25) is 15.0 Å². The Labute approximate surface area is 145 Å². The van der Waals surface area contributed by atoms with Crippen LogP contribution in [0.3, 0.4) is 0 Å². The second-order valence-electron chi connectivity index (χ2n) is 5.77. The molecule has 1 fully saturated rings. The monoisotopic (exact) mass is 368 g/mol. The Balaban J connectivity index is 1.70. The van der Waals surface area contributed by atoms with Crippen LogP contribution in [-0.2, 0) is 16.9 Å². The van der Waals surface area contributed by atoms with Crippen LogP contribution in [0.5, 0.6) is 0 Å². The Kier molecular flexibility index (Phi) is 4.60. The zero-order valence-electron chi connectivity index (χ0n) is 13.1. The van der Waals surface area contributed by atoms with Crippen molar-refractivity contribution in [3.63, 3.8) is 0 Å². The second-order valence-corrected chi connectivity index (χ2v) is 8.33. The Bertz CT molecular complexity index is 857. The molecule has 0 spiro atoms. The van der Waals surface area contributed by atoms with Gasteiger partial charge in [0.15, 0.2) is 0 Å². The molecular weight excluding hydrogens is 352 g/mol. The van der Waals surface area contributed by atoms with Gasteiger partial charge in [0.25, 0.3) is 5.91 Å². The van der Waals surface area contributed by atoms with Gasteiger partial charge in [-0.25, -0.2) is 8.42 Å². The lowest BCUT2D eigenvalue weighted by Crippen LogP contribution is -2.42. The van der Waals surface area contributed by atoms with Crippen LogP contribution in [0.15, 0.2) is 35.7 Å². The molecule has 1 amide bonds. The summed E-state index contributed by atoms with van der Waals surface area (Å²) >= 11 is 5.92. The number of hydrogen-bond donors (Lipinski definition) is 0. The molecule has 0 atom stereocenters. The summed E-state index contributed by atoms with van der Waals surface area (Å²) in [6, 6.07) is 6.75. The minimum Gasteiger partial charge on any atom is -0.339 e. The summed E-state index contributed by atoms with van der Waals surface area (Å²) < 4.78 is 26.6. The molecule has 2 heterocycles. The summed E-state index contributed by atoms with van der Waals surface area (Å²) in [6.07, 6.45) is 2.12. The molecule has 1 saturated heterocycles. The maximum atomic E-state index is 12.6. The third-order valence-corrected chi connectivity index (χ3v) is 6.63. The van der Waals surface area contributed by atoms with E-state index in [1.165, 1.54) is 10.9 Å². The van der Waals surface area contributed by atoms with E-state index >= 15 is 0 Å². The number of carbonyl (C=O) groups is 1. The number of aryl methyl sites for hydroxylation is 1. The Hall–Kier alpha value is -1.93. The predicted octanol–water partition coefficient (Wildman–Crippen LogP) is 1.55. The molecule has 2 aromatic rings. The van der Waals surface area contributed by atoms with Gasteiger partial charge in [-0.05, 0) is 31.0 Å². The van der Waals surface area contributed by atoms with Crippen LogP contribution in [0.25, 0.3) is 0 Å². The van der Waals surface area contributed by atoms with Gasteiger partial charge in [-0.15, -0.1) is 10.2 Å². The van der Waals surface area contributed by atoms with Crippen molar-refractivity contribution in [1.29, 1.82) is 0 Å². The van der Waals surface area contributed by atoms with Crippen LogP contribution >= 0.6 is 11.6 Å². The lowest BCUT2D eigenvalue weighted by molar-refractivity contribution is 0.0725. The van der Waals surface area contributed by atoms with E-state index in [0.29, 0.717) is 36.5 Å². The number of aromatic nitrogens is 3. The van der Waals surface area contributed by atoms with Crippen LogP contribution < -0.4 is 0 Å². The molecule has 1 aliphatic rings. The molecule has 0 radical (unpaired) electrons. The standard InChI is InChI=1S/C15H17ClN4O3S/c1-19-10-17-18-15(19)24(22,23)13-5-7-20(8-6-13)14(21)11-3-2-4-12(16)9-11/h2-4,9-10,13H,5-8H2,1H3. The van der Waals surface area contributed by atoms with Crippen molar-refractivity contribution in [1.82, 2.24) is 19.7 Å². The lowest BCUT2D eigenvalue weighted by Gasteiger charge is -2.31. The summed E-state index contributed by atoms with van der Waals surface area (Å²) in [6.45, 7) is 0.764. The van der Waals surface area contributed by atoms with Crippen molar-refractivity contribution in [2.75, 3.05) is 13.1 Å². The summed E-state index contributed by atoms with van der Waals surface area (Å²) in [5.41, 5.74) is 0.511. The minimum absolute atomic E-state index is 0.0258. The van der Waals surface area contributed by atoms with Gasteiger partial charge in [0.05, 0.1) is 5.25 Å². The van der Waals surface area contributed by atoms with Gasteiger partial charge >= 0.3 is 0 Å². The van der Waals surface area contributed by atoms with Crippen LogP contribution in [0.4, 0.5) is 0 Å². The molecule has 3 rings (SSSR count). The van der Waals surface area contributed by atoms with E-state index in [9.17, 15) is 13.2 Å². The van der Waals surface area contributed by atoms with Crippen LogP contribution in [-0.4, -0.2) is 52.3 Å². The van der Waals surface area contributed by atoms with E-state index in [1.54, 1.807) is 36.2 Å². The molecule has 0 saturated carbocycles. The molecule has 1 aromatic carbocycles. The number of halogens is 1. The highest BCUT2D eigenvalue weighted by Crippen LogP contribution is 2.24. The van der Waals surface area contributed by atoms with Crippen molar-refractivity contribution >= 4 is 27.3 Å². The molecule has 0 unspecified atom stereocenters. The topological polar surface area (TPSA) is 85.2 Å². The average Bonchev–Trinajstić information content (AvgIpc) is 3.01. The first-order valence-corrected chi connectivity index (χ1v) is 9.45. The fourth-order valence-corrected chi connectivity index (χ4v) is 4.78. The first kappa shape index (κ1) is 16.9. The van der Waals surface area contributed by atoms with Crippen molar-refractivity contribution in [2.24, 2.45) is 7.05 Å². The largest absolute Gasteiger partial charge is 0.339 e. The molecule has 0 bridgehead atoms. The van der Waals surface area contributed by atoms with Gasteiger partial charge in [-0.1, -0.05) is 17.7 Å². The second kappa shape index (κ2) is 6.52. The molecular formula is C15H17ClN4O3S. The first-order chi connectivity index (χ1) is 11.4. The number of piperidine rings is 1. The van der Waals surface area contributed by atoms with E-state index in [2.05, 4.69) is 10.2 Å². The van der Waals surface area contributed by atoms with Crippen molar-refractivity contribution < 1.29 is 13.2 Å². The molecule has 1 aromatic heterocycles. The molecule has 24 heavy (non-hydrogen) atoms. The highest BCUT2D eigenvalue weighted by Gasteiger charge is 2.35. The smallest absolute Gasteiger partial charge is 0.253 e. The third-order valence-electron chi connectivity index (χ3n) is 4.16. The number of benzene rings is 1. The number of rotatable bonds is 3. The Morgan fingerprint density at radius 2 is 2.00 bits per heavy atom. The average molecular weight is 369 g/mol. The molecule has 1 aliphatic heterocycles. The first-order valence-electron chi connectivity index (χ1n) is 7.52. The molecule has 128 valence electrons. The fraction of sp³-hybridized carbons (Fsp3) is 0.400. The number of hydrogen-bond acceptors (Lipinski definition) is 5. The van der Waals surface area contributed by atoms with Crippen molar-refractivity contribution in [3.05, 3.63) is 41.2 Å². The van der Waals surface area contributed by atoms with Gasteiger partial charge in [0, 0.05) is 30.7 Å². The SMILES string of the molecule is Cn1cnnc1S(=O)(=O)C1CCN(C(=O)c2cccc(Cl)c2)CC1. The van der Waals surface area contributed by atoms with Crippen molar-refractivity contribution in [2.45, 2.75) is 23.2 Å². The minimum atomic E-state index is -3.54. The number of likely N-dealkylation sites (tertiary alicyclic amines) is 1. The number of carbonyl (C=O) groups excluding carboxylic acids is 1. The van der Waals surface area contributed by atoms with Gasteiger partial charge in [-0.3, -0.25) is 4.79 Å². The van der Waals surface area contributed by atoms with Gasteiger partial charge in [0.1, 0.15) is 6.33 Å². The highest BCUT2D eigenvalue weighted by molar-refractivity contribution is 7.91. The molecule has 7 nitrogen and oxygen atoms in total. The van der Waals surface area contributed by atoms with Crippen LogP contribution in [0.1, 0.15) is 23.2 Å². The number of sulfone groups is 1. The van der Waals surface area contributed by atoms with E-state index in [-0.39, 0.29) is 11.1 Å². The lowest BCUT2D eigenvalue weighted by atomic mass is 10.1. The quantitative estimate of drug-likeness (QED) is 0.820. The van der Waals surface area contributed by atoms with Gasteiger partial charge < -0.3 is 9.47 Å². The molecule has 9 heteroatoms. The highest BCUT2D eigenvalue weighted by atomic mass is 35.5. The summed E-state index contributed by atoms with van der Waals surface area (Å²) in [7, 11) is -1.94. The number of nitrogens with zero attached hydrogens (tertiary/aromatic N) is 4. The summed E-state index contributed by atoms with van der Waals surface area (Å²) in [5, 5.41) is 7.26. The summed E-state index contributed by atoms with van der Waals surface area (Å²) in [5.74, 6) is -0.132. The Morgan fingerprint density at radius 1 is 1.29 bits per heavy atom. The zero-order chi connectivity index (χ0) is 17.3. The van der Waals surface area contributed by atoms with E-state index in [1.807, 2.05) is 0 Å². The summed E-state index contributed by atoms with van der Waals surface area (Å²) in [4.78, 5) is 14.1. The third kappa shape index (κ3) is 3.16. The Morgan fingerprint density at radius 3 is 2.58 bits per heavy atom. The predicted molar refractivity (Wildman–Crippen MR) is 88.6 cm³/mol. The maximum absolute atomic E-state index is 12.6. The normalized spacial score (nSPS) is 16.3. The fourth-order valence-electron chi connectivity index (χ4n) is 2.85. The van der Waals surface area contributed by atoms with Crippen molar-refractivity contribution in [3.8, 4) is 0 Å².